The van der Waals surface area contributed by atoms with Crippen LogP contribution < -0.4 is 0 Å². The fourth-order valence-corrected chi connectivity index (χ4v) is 4.76. The Kier molecular flexibility index (Phi) is 76.4. The maximum absolute atomic E-state index is 4.17. The van der Waals surface area contributed by atoms with Crippen LogP contribution in [-0.2, 0) is 0 Å². The first-order valence-corrected chi connectivity index (χ1v) is 29.2. The molecule has 0 aliphatic carbocycles. The van der Waals surface area contributed by atoms with Crippen molar-refractivity contribution < 1.29 is 0 Å². The first kappa shape index (κ1) is 89.6. The van der Waals surface area contributed by atoms with Gasteiger partial charge in [-0.15, -0.1) is 0 Å². The molecule has 0 amide bonds. The number of hydrogen-bond donors (Lipinski definition) is 0. The van der Waals surface area contributed by atoms with Gasteiger partial charge < -0.3 is 0 Å². The highest BCUT2D eigenvalue weighted by molar-refractivity contribution is 5.16. The van der Waals surface area contributed by atoms with E-state index in [1.54, 1.807) is 0 Å². The van der Waals surface area contributed by atoms with E-state index in [0.717, 1.165) is 56.9 Å². The molecule has 0 spiro atoms. The lowest BCUT2D eigenvalue weighted by atomic mass is 10.2. The SMILES string of the molecule is CC.CC.CC.CC.CC.CC.CC.CC.Cc1ccc(C)nc1.Cc1ccc(C)nc1.Cc1cccc(C)n1.Cc1ccnc(C)c1.Cc1ccnc(C)c1.Cc1cnc(C)nc1.Cc1cnc(C)nc1.Cc1cncc(C)c1. The monoisotopic (exact) mass is 1100 g/mol. The van der Waals surface area contributed by atoms with Gasteiger partial charge in [0.15, 0.2) is 0 Å². The molecule has 0 unspecified atom stereocenters. The lowest BCUT2D eigenvalue weighted by Gasteiger charge is -1.90. The van der Waals surface area contributed by atoms with Crippen LogP contribution in [0.3, 0.4) is 0 Å². The molecule has 448 valence electrons. The Bertz CT molecular complexity index is 1930. The van der Waals surface area contributed by atoms with E-state index in [2.05, 4.69) is 94.0 Å². The number of hydrogen-bond acceptors (Lipinski definition) is 10. The van der Waals surface area contributed by atoms with Crippen molar-refractivity contribution >= 4 is 0 Å². The summed E-state index contributed by atoms with van der Waals surface area (Å²) < 4.78 is 0. The second kappa shape index (κ2) is 68.2. The summed E-state index contributed by atoms with van der Waals surface area (Å²) in [5.74, 6) is 1.66. The zero-order valence-electron chi connectivity index (χ0n) is 57.2. The highest BCUT2D eigenvalue weighted by Gasteiger charge is 1.87. The maximum atomic E-state index is 4.17. The molecule has 8 rings (SSSR count). The normalized spacial score (nSPS) is 8.00. The summed E-state index contributed by atoms with van der Waals surface area (Å²) in [5.41, 5.74) is 16.2. The average Bonchev–Trinajstić information content (AvgIpc) is 3.47. The predicted octanol–water partition coefficient (Wildman–Crippen LogP) is 20.6. The lowest BCUT2D eigenvalue weighted by Crippen LogP contribution is -1.84. The smallest absolute Gasteiger partial charge is 0.125 e. The summed E-state index contributed by atoms with van der Waals surface area (Å²) in [4.78, 5) is 40.3. The lowest BCUT2D eigenvalue weighted by molar-refractivity contribution is 1.03. The Balaban J connectivity index is -0.000000119. The molecule has 0 radical (unpaired) electrons. The molecule has 0 saturated heterocycles. The van der Waals surface area contributed by atoms with Crippen LogP contribution in [0.1, 0.15) is 201 Å². The Morgan fingerprint density at radius 2 is 0.500 bits per heavy atom. The van der Waals surface area contributed by atoms with Crippen LogP contribution in [0.5, 0.6) is 0 Å². The molecule has 0 aliphatic rings. The van der Waals surface area contributed by atoms with Crippen LogP contribution in [0.15, 0.2) is 135 Å². The molecule has 0 bridgehead atoms. The second-order valence-corrected chi connectivity index (χ2v) is 15.5. The summed E-state index contributed by atoms with van der Waals surface area (Å²) in [6.07, 6.45) is 18.3. The molecule has 0 fully saturated rings. The summed E-state index contributed by atoms with van der Waals surface area (Å²) in [5, 5.41) is 0. The molecule has 80 heavy (non-hydrogen) atoms. The molecular formula is C70H118N10. The fourth-order valence-electron chi connectivity index (χ4n) is 4.76. The van der Waals surface area contributed by atoms with E-state index in [0.29, 0.717) is 0 Å². The van der Waals surface area contributed by atoms with Crippen LogP contribution in [0, 0.1) is 111 Å². The fraction of sp³-hybridized carbons (Fsp3) is 0.457. The third kappa shape index (κ3) is 65.3. The van der Waals surface area contributed by atoms with Crippen molar-refractivity contribution in [2.45, 2.75) is 222 Å². The molecule has 8 aromatic heterocycles. The van der Waals surface area contributed by atoms with E-state index < -0.39 is 0 Å². The van der Waals surface area contributed by atoms with Gasteiger partial charge in [-0.25, -0.2) is 19.9 Å². The van der Waals surface area contributed by atoms with Gasteiger partial charge in [0.05, 0.1) is 0 Å². The van der Waals surface area contributed by atoms with E-state index in [-0.39, 0.29) is 0 Å². The summed E-state index contributed by atoms with van der Waals surface area (Å²) >= 11 is 0. The van der Waals surface area contributed by atoms with E-state index in [1.807, 2.05) is 312 Å². The molecule has 0 N–H and O–H groups in total. The maximum Gasteiger partial charge on any atom is 0.125 e. The van der Waals surface area contributed by atoms with Crippen molar-refractivity contribution in [3.63, 3.8) is 0 Å². The molecule has 10 heteroatoms. The molecule has 0 aliphatic heterocycles. The minimum absolute atomic E-state index is 0.829. The van der Waals surface area contributed by atoms with Gasteiger partial charge in [0.25, 0.3) is 0 Å². The van der Waals surface area contributed by atoms with Crippen molar-refractivity contribution in [1.82, 2.24) is 49.8 Å². The van der Waals surface area contributed by atoms with E-state index >= 15 is 0 Å². The zero-order valence-corrected chi connectivity index (χ0v) is 57.2. The highest BCUT2D eigenvalue weighted by atomic mass is 14.8. The first-order chi connectivity index (χ1) is 38.3. The average molecular weight is 1100 g/mol. The first-order valence-electron chi connectivity index (χ1n) is 29.2. The minimum atomic E-state index is 0.829. The second-order valence-electron chi connectivity index (χ2n) is 15.5. The number of aromatic nitrogens is 10. The third-order valence-electron chi connectivity index (χ3n) is 8.08. The Morgan fingerprint density at radius 1 is 0.212 bits per heavy atom. The van der Waals surface area contributed by atoms with Crippen LogP contribution in [0.4, 0.5) is 0 Å². The zero-order chi connectivity index (χ0) is 63.9. The van der Waals surface area contributed by atoms with Gasteiger partial charge in [0, 0.05) is 96.1 Å². The van der Waals surface area contributed by atoms with Crippen LogP contribution in [0.2, 0.25) is 0 Å². The van der Waals surface area contributed by atoms with Gasteiger partial charge in [0.1, 0.15) is 11.6 Å². The molecule has 8 heterocycles. The number of rotatable bonds is 0. The van der Waals surface area contributed by atoms with E-state index in [1.165, 1.54) is 33.4 Å². The summed E-state index contributed by atoms with van der Waals surface area (Å²) in [7, 11) is 0. The van der Waals surface area contributed by atoms with Gasteiger partial charge in [-0.1, -0.05) is 135 Å². The van der Waals surface area contributed by atoms with Crippen molar-refractivity contribution in [2.24, 2.45) is 0 Å². The molecule has 10 nitrogen and oxygen atoms in total. The molecule has 0 saturated carbocycles. The topological polar surface area (TPSA) is 129 Å². The number of aryl methyl sites for hydroxylation is 16. The third-order valence-corrected chi connectivity index (χ3v) is 8.08. The minimum Gasteiger partial charge on any atom is -0.264 e. The standard InChI is InChI=1S/6C7H9N.2C6H8N2.8C2H6/c1-6-3-7(2)5-8-4-6;2*1-6-3-4-8-7(2)5-6;2*1-6-3-4-7(2)8-5-6;1-6-4-3-5-7(2)8-6;2*1-5-3-7-6(2)8-4-5;8*1-2/h6*3-5H,1-2H3;2*3-4H,1-2H3;8*1-2H3. The quantitative estimate of drug-likeness (QED) is 0.145. The predicted molar refractivity (Wildman–Crippen MR) is 356 cm³/mol. The Morgan fingerprint density at radius 3 is 0.662 bits per heavy atom. The molecule has 0 atom stereocenters. The van der Waals surface area contributed by atoms with Crippen LogP contribution >= 0.6 is 0 Å². The number of nitrogens with zero attached hydrogens (tertiary/aromatic N) is 10. The van der Waals surface area contributed by atoms with Crippen molar-refractivity contribution in [1.29, 1.82) is 0 Å². The van der Waals surface area contributed by atoms with Crippen molar-refractivity contribution in [3.8, 4) is 0 Å². The van der Waals surface area contributed by atoms with Gasteiger partial charge >= 0.3 is 0 Å². The summed E-state index contributed by atoms with van der Waals surface area (Å²) in [6, 6.07) is 24.3. The van der Waals surface area contributed by atoms with E-state index in [4.69, 9.17) is 0 Å². The largest absolute Gasteiger partial charge is 0.264 e. The number of pyridine rings is 6. The van der Waals surface area contributed by atoms with Gasteiger partial charge in [0.2, 0.25) is 0 Å². The molecule has 8 aromatic rings. The van der Waals surface area contributed by atoms with Gasteiger partial charge in [-0.2, -0.15) is 0 Å². The van der Waals surface area contributed by atoms with Crippen LogP contribution in [-0.4, -0.2) is 49.8 Å². The molecular weight excluding hydrogens is 981 g/mol. The highest BCUT2D eigenvalue weighted by Crippen LogP contribution is 2.00. The van der Waals surface area contributed by atoms with E-state index in [9.17, 15) is 0 Å². The van der Waals surface area contributed by atoms with Gasteiger partial charge in [-0.05, 0) is 204 Å². The van der Waals surface area contributed by atoms with Gasteiger partial charge in [-0.3, -0.25) is 29.9 Å². The Hall–Kier alpha value is -6.94. The van der Waals surface area contributed by atoms with Crippen molar-refractivity contribution in [3.05, 3.63) is 225 Å². The Labute approximate surface area is 494 Å². The van der Waals surface area contributed by atoms with Crippen LogP contribution in [0.25, 0.3) is 0 Å². The summed E-state index contributed by atoms with van der Waals surface area (Å²) in [6.45, 7) is 63.9. The van der Waals surface area contributed by atoms with Crippen molar-refractivity contribution in [2.75, 3.05) is 0 Å². The molecule has 0 aromatic carbocycles.